The topological polar surface area (TPSA) is 15.3 Å². The van der Waals surface area contributed by atoms with E-state index in [9.17, 15) is 0 Å². The van der Waals surface area contributed by atoms with Crippen molar-refractivity contribution in [2.24, 2.45) is 0 Å². The van der Waals surface area contributed by atoms with Gasteiger partial charge in [-0.2, -0.15) is 0 Å². The molecule has 20 heavy (non-hydrogen) atoms. The number of rotatable bonds is 7. The summed E-state index contributed by atoms with van der Waals surface area (Å²) in [5.41, 5.74) is 2.70. The first-order chi connectivity index (χ1) is 9.37. The molecule has 3 heteroatoms. The number of hydrogen-bond donors (Lipinski definition) is 1. The minimum Gasteiger partial charge on any atom is -0.372 e. The van der Waals surface area contributed by atoms with Crippen LogP contribution < -0.4 is 10.2 Å². The lowest BCUT2D eigenvalue weighted by atomic mass is 10.1. The zero-order chi connectivity index (χ0) is 15.2. The van der Waals surface area contributed by atoms with Crippen LogP contribution in [0.2, 0.25) is 5.02 Å². The molecule has 0 aromatic heterocycles. The summed E-state index contributed by atoms with van der Waals surface area (Å²) >= 11 is 6.17. The van der Waals surface area contributed by atoms with Gasteiger partial charge in [0.2, 0.25) is 0 Å². The number of nitrogens with one attached hydrogen (secondary N) is 1. The molecule has 1 aromatic rings. The molecule has 0 bridgehead atoms. The smallest absolute Gasteiger partial charge is 0.0412 e. The van der Waals surface area contributed by atoms with Crippen LogP contribution in [0, 0.1) is 0 Å². The van der Waals surface area contributed by atoms with Crippen LogP contribution in [0.3, 0.4) is 0 Å². The van der Waals surface area contributed by atoms with Crippen LogP contribution in [0.1, 0.15) is 53.0 Å². The van der Waals surface area contributed by atoms with E-state index in [0.717, 1.165) is 24.7 Å². The minimum absolute atomic E-state index is 0.111. The third-order valence-electron chi connectivity index (χ3n) is 3.35. The Balaban J connectivity index is 2.93. The zero-order valence-electron chi connectivity index (χ0n) is 13.6. The molecule has 0 aliphatic rings. The molecule has 1 aromatic carbocycles. The van der Waals surface area contributed by atoms with Crippen LogP contribution >= 0.6 is 11.6 Å². The van der Waals surface area contributed by atoms with Crippen LogP contribution in [-0.2, 0) is 6.54 Å². The molecule has 0 atom stereocenters. The molecule has 0 aliphatic carbocycles. The fraction of sp³-hybridized carbons (Fsp3) is 0.647. The van der Waals surface area contributed by atoms with Gasteiger partial charge in [0.05, 0.1) is 0 Å². The van der Waals surface area contributed by atoms with E-state index in [1.54, 1.807) is 0 Å². The van der Waals surface area contributed by atoms with Gasteiger partial charge in [-0.3, -0.25) is 0 Å². The summed E-state index contributed by atoms with van der Waals surface area (Å²) < 4.78 is 0. The summed E-state index contributed by atoms with van der Waals surface area (Å²) in [6.45, 7) is 14.0. The van der Waals surface area contributed by atoms with Crippen molar-refractivity contribution in [3.63, 3.8) is 0 Å². The molecular formula is C17H29ClN2. The molecule has 0 amide bonds. The Morgan fingerprint density at radius 3 is 2.45 bits per heavy atom. The highest BCUT2D eigenvalue weighted by Crippen LogP contribution is 2.25. The van der Waals surface area contributed by atoms with Gasteiger partial charge in [-0.1, -0.05) is 24.9 Å². The van der Waals surface area contributed by atoms with Crippen LogP contribution in [-0.4, -0.2) is 18.6 Å². The summed E-state index contributed by atoms with van der Waals surface area (Å²) in [7, 11) is 0. The summed E-state index contributed by atoms with van der Waals surface area (Å²) in [5, 5.41) is 4.37. The maximum atomic E-state index is 6.17. The third-order valence-corrected chi connectivity index (χ3v) is 3.59. The van der Waals surface area contributed by atoms with Crippen LogP contribution in [0.15, 0.2) is 18.2 Å². The monoisotopic (exact) mass is 296 g/mol. The molecule has 1 rings (SSSR count). The zero-order valence-corrected chi connectivity index (χ0v) is 14.3. The molecule has 0 heterocycles. The van der Waals surface area contributed by atoms with Crippen molar-refractivity contribution in [1.82, 2.24) is 5.32 Å². The number of nitrogens with zero attached hydrogens (tertiary/aromatic N) is 1. The van der Waals surface area contributed by atoms with Crippen LogP contribution in [0.25, 0.3) is 0 Å². The van der Waals surface area contributed by atoms with Crippen molar-refractivity contribution >= 4 is 17.3 Å². The highest BCUT2D eigenvalue weighted by atomic mass is 35.5. The molecule has 0 unspecified atom stereocenters. The van der Waals surface area contributed by atoms with E-state index in [2.05, 4.69) is 57.0 Å². The van der Waals surface area contributed by atoms with E-state index in [0.29, 0.717) is 0 Å². The van der Waals surface area contributed by atoms with Gasteiger partial charge in [0.1, 0.15) is 0 Å². The van der Waals surface area contributed by atoms with Crippen molar-refractivity contribution in [3.8, 4) is 0 Å². The lowest BCUT2D eigenvalue weighted by Crippen LogP contribution is -2.36. The molecule has 1 N–H and O–H groups in total. The Labute approximate surface area is 129 Å². The fourth-order valence-corrected chi connectivity index (χ4v) is 2.36. The van der Waals surface area contributed by atoms with Gasteiger partial charge in [0.15, 0.2) is 0 Å². The van der Waals surface area contributed by atoms with Crippen molar-refractivity contribution < 1.29 is 0 Å². The summed E-state index contributed by atoms with van der Waals surface area (Å²) in [4.78, 5) is 2.44. The first-order valence-electron chi connectivity index (χ1n) is 7.65. The number of hydrogen-bond acceptors (Lipinski definition) is 2. The molecule has 0 fully saturated rings. The molecule has 2 nitrogen and oxygen atoms in total. The van der Waals surface area contributed by atoms with Crippen LogP contribution in [0.4, 0.5) is 5.69 Å². The second-order valence-electron chi connectivity index (χ2n) is 6.31. The molecule has 0 radical (unpaired) electrons. The highest BCUT2D eigenvalue weighted by molar-refractivity contribution is 6.30. The first kappa shape index (κ1) is 17.3. The number of halogens is 1. The SMILES string of the molecule is CCCCN(CC)c1ccc(Cl)cc1CNC(C)(C)C. The first-order valence-corrected chi connectivity index (χ1v) is 8.03. The van der Waals surface area contributed by atoms with Gasteiger partial charge >= 0.3 is 0 Å². The van der Waals surface area contributed by atoms with Gasteiger partial charge in [-0.05, 0) is 57.9 Å². The maximum Gasteiger partial charge on any atom is 0.0412 e. The van der Waals surface area contributed by atoms with E-state index in [4.69, 9.17) is 11.6 Å². The normalized spacial score (nSPS) is 11.7. The second kappa shape index (κ2) is 7.90. The Kier molecular flexibility index (Phi) is 6.84. The predicted octanol–water partition coefficient (Wildman–Crippen LogP) is 4.85. The summed E-state index contributed by atoms with van der Waals surface area (Å²) in [5.74, 6) is 0. The minimum atomic E-state index is 0.111. The van der Waals surface area contributed by atoms with E-state index in [-0.39, 0.29) is 5.54 Å². The lowest BCUT2D eigenvalue weighted by Gasteiger charge is -2.28. The van der Waals surface area contributed by atoms with Crippen molar-refractivity contribution in [2.75, 3.05) is 18.0 Å². The molecule has 114 valence electrons. The molecule has 0 aliphatic heterocycles. The van der Waals surface area contributed by atoms with E-state index in [1.807, 2.05) is 6.07 Å². The summed E-state index contributed by atoms with van der Waals surface area (Å²) in [6.07, 6.45) is 2.45. The van der Waals surface area contributed by atoms with E-state index < -0.39 is 0 Å². The standard InChI is InChI=1S/C17H29ClN2/c1-6-8-11-20(7-2)16-10-9-15(18)12-14(16)13-19-17(3,4)5/h9-10,12,19H,6-8,11,13H2,1-5H3. The van der Waals surface area contributed by atoms with E-state index >= 15 is 0 Å². The van der Waals surface area contributed by atoms with Crippen molar-refractivity contribution in [2.45, 2.75) is 59.5 Å². The highest BCUT2D eigenvalue weighted by Gasteiger charge is 2.13. The van der Waals surface area contributed by atoms with Crippen LogP contribution in [0.5, 0.6) is 0 Å². The Morgan fingerprint density at radius 2 is 1.90 bits per heavy atom. The molecular weight excluding hydrogens is 268 g/mol. The second-order valence-corrected chi connectivity index (χ2v) is 6.75. The molecule has 0 saturated heterocycles. The largest absolute Gasteiger partial charge is 0.372 e. The van der Waals surface area contributed by atoms with Gasteiger partial charge in [-0.25, -0.2) is 0 Å². The molecule has 0 spiro atoms. The third kappa shape index (κ3) is 5.72. The van der Waals surface area contributed by atoms with Crippen molar-refractivity contribution in [3.05, 3.63) is 28.8 Å². The lowest BCUT2D eigenvalue weighted by molar-refractivity contribution is 0.424. The molecule has 0 saturated carbocycles. The quantitative estimate of drug-likeness (QED) is 0.773. The van der Waals surface area contributed by atoms with Gasteiger partial charge < -0.3 is 10.2 Å². The van der Waals surface area contributed by atoms with Gasteiger partial charge in [0, 0.05) is 35.9 Å². The number of benzene rings is 1. The van der Waals surface area contributed by atoms with Crippen molar-refractivity contribution in [1.29, 1.82) is 0 Å². The van der Waals surface area contributed by atoms with E-state index in [1.165, 1.54) is 24.1 Å². The Bertz CT molecular complexity index is 410. The Hall–Kier alpha value is -0.730. The average Bonchev–Trinajstić information content (AvgIpc) is 2.38. The maximum absolute atomic E-state index is 6.17. The Morgan fingerprint density at radius 1 is 1.20 bits per heavy atom. The number of anilines is 1. The summed E-state index contributed by atoms with van der Waals surface area (Å²) in [6, 6.07) is 6.23. The predicted molar refractivity (Wildman–Crippen MR) is 90.8 cm³/mol. The number of unbranched alkanes of at least 4 members (excludes halogenated alkanes) is 1. The van der Waals surface area contributed by atoms with Gasteiger partial charge in [0.25, 0.3) is 0 Å². The van der Waals surface area contributed by atoms with Gasteiger partial charge in [-0.15, -0.1) is 0 Å². The fourth-order valence-electron chi connectivity index (χ4n) is 2.16. The average molecular weight is 297 g/mol.